The minimum Gasteiger partial charge on any atom is -0.508 e. The first kappa shape index (κ1) is 25.0. The summed E-state index contributed by atoms with van der Waals surface area (Å²) in [5.41, 5.74) is 2.30. The maximum Gasteiger partial charge on any atom is 0.335 e. The first-order chi connectivity index (χ1) is 18.6. The smallest absolute Gasteiger partial charge is 0.335 e. The third kappa shape index (κ3) is 3.70. The highest BCUT2D eigenvalue weighted by molar-refractivity contribution is 6.32. The molecule has 1 heterocycles. The van der Waals surface area contributed by atoms with Gasteiger partial charge in [0.2, 0.25) is 11.8 Å². The highest BCUT2D eigenvalue weighted by Gasteiger charge is 2.56. The fraction of sp³-hybridized carbons (Fsp3) is 0.233. The Balaban J connectivity index is 1.48. The van der Waals surface area contributed by atoms with Crippen molar-refractivity contribution in [3.63, 3.8) is 0 Å². The molecular weight excluding hydrogens is 522 g/mol. The molecule has 3 aliphatic carbocycles. The molecule has 2 amide bonds. The third-order valence-corrected chi connectivity index (χ3v) is 8.54. The molecule has 6 rings (SSSR count). The Kier molecular flexibility index (Phi) is 5.69. The van der Waals surface area contributed by atoms with Gasteiger partial charge in [-0.15, -0.1) is 0 Å². The number of allylic oxidation sites excluding steroid dienone is 6. The molecule has 1 saturated heterocycles. The van der Waals surface area contributed by atoms with Crippen LogP contribution in [0.15, 0.2) is 76.9 Å². The van der Waals surface area contributed by atoms with E-state index in [1.807, 2.05) is 6.08 Å². The van der Waals surface area contributed by atoms with Gasteiger partial charge in [0.1, 0.15) is 5.75 Å². The second-order valence-corrected chi connectivity index (χ2v) is 10.7. The van der Waals surface area contributed by atoms with Crippen LogP contribution >= 0.6 is 11.6 Å². The van der Waals surface area contributed by atoms with Crippen molar-refractivity contribution in [2.75, 3.05) is 4.90 Å². The third-order valence-electron chi connectivity index (χ3n) is 8.21. The van der Waals surface area contributed by atoms with Gasteiger partial charge in [0.25, 0.3) is 0 Å². The number of carbonyl (C=O) groups is 5. The van der Waals surface area contributed by atoms with Crippen LogP contribution in [0.2, 0.25) is 5.02 Å². The van der Waals surface area contributed by atoms with Crippen molar-refractivity contribution in [3.8, 4) is 5.75 Å². The molecule has 0 aromatic heterocycles. The first-order valence-electron chi connectivity index (χ1n) is 12.5. The molecule has 0 saturated carbocycles. The summed E-state index contributed by atoms with van der Waals surface area (Å²) in [4.78, 5) is 66.6. The van der Waals surface area contributed by atoms with Crippen LogP contribution in [0.3, 0.4) is 0 Å². The highest BCUT2D eigenvalue weighted by Crippen LogP contribution is 2.56. The van der Waals surface area contributed by atoms with Gasteiger partial charge in [-0.25, -0.2) is 4.79 Å². The summed E-state index contributed by atoms with van der Waals surface area (Å²) in [5, 5.41) is 19.6. The second kappa shape index (κ2) is 8.88. The Bertz CT molecular complexity index is 1630. The van der Waals surface area contributed by atoms with Crippen molar-refractivity contribution in [1.82, 2.24) is 0 Å². The number of phenolic OH excluding ortho intramolecular Hbond substituents is 1. The average Bonchev–Trinajstić information content (AvgIpc) is 3.16. The Labute approximate surface area is 227 Å². The van der Waals surface area contributed by atoms with Gasteiger partial charge >= 0.3 is 5.97 Å². The monoisotopic (exact) mass is 543 g/mol. The fourth-order valence-electron chi connectivity index (χ4n) is 6.52. The van der Waals surface area contributed by atoms with Gasteiger partial charge in [-0.1, -0.05) is 35.4 Å². The minimum absolute atomic E-state index is 0.0511. The summed E-state index contributed by atoms with van der Waals surface area (Å²) < 4.78 is 0. The molecule has 4 atom stereocenters. The number of carbonyl (C=O) groups excluding carboxylic acids is 4. The van der Waals surface area contributed by atoms with Gasteiger partial charge in [-0.3, -0.25) is 24.1 Å². The molecule has 2 aromatic rings. The lowest BCUT2D eigenvalue weighted by Crippen LogP contribution is -2.39. The van der Waals surface area contributed by atoms with E-state index >= 15 is 0 Å². The molecule has 0 spiro atoms. The fourth-order valence-corrected chi connectivity index (χ4v) is 6.80. The van der Waals surface area contributed by atoms with Gasteiger partial charge in [-0.2, -0.15) is 0 Å². The van der Waals surface area contributed by atoms with E-state index in [0.29, 0.717) is 22.3 Å². The summed E-state index contributed by atoms with van der Waals surface area (Å²) >= 11 is 6.55. The number of imide groups is 1. The number of phenols is 1. The number of nitrogens with zero attached hydrogens (tertiary/aromatic N) is 1. The van der Waals surface area contributed by atoms with E-state index in [9.17, 15) is 34.2 Å². The van der Waals surface area contributed by atoms with E-state index in [1.165, 1.54) is 42.5 Å². The van der Waals surface area contributed by atoms with Crippen LogP contribution in [0.25, 0.3) is 0 Å². The van der Waals surface area contributed by atoms with Gasteiger partial charge in [0, 0.05) is 27.7 Å². The first-order valence-corrected chi connectivity index (χ1v) is 12.9. The number of rotatable bonds is 3. The van der Waals surface area contributed by atoms with Crippen molar-refractivity contribution in [3.05, 3.63) is 93.1 Å². The van der Waals surface area contributed by atoms with Crippen molar-refractivity contribution < 1.29 is 34.2 Å². The van der Waals surface area contributed by atoms with Crippen LogP contribution in [-0.4, -0.2) is 39.6 Å². The SMILES string of the molecule is CC1=CC(=O)C2=C(CC3C(=CCC4C(=O)N(c5cccc(C(=O)O)c5)C(=O)C43)C2c2ccc(O)cc2Cl)C1=O. The van der Waals surface area contributed by atoms with Gasteiger partial charge in [-0.05, 0) is 67.7 Å². The van der Waals surface area contributed by atoms with E-state index in [4.69, 9.17) is 11.6 Å². The standard InChI is InChI=1S/C30H22ClNO7/c1-13-9-23(34)26-21(27(13)35)12-20-17(24(26)18-6-5-16(33)11-22(18)31)7-8-19-25(20)29(37)32(28(19)36)15-4-2-3-14(10-15)30(38)39/h2-7,9-11,19-20,24-25,33H,8,12H2,1H3,(H,38,39). The number of carboxylic acids is 1. The molecular formula is C30H22ClNO7. The maximum atomic E-state index is 13.9. The average molecular weight is 544 g/mol. The number of hydrogen-bond acceptors (Lipinski definition) is 6. The van der Waals surface area contributed by atoms with Crippen molar-refractivity contribution in [2.24, 2.45) is 17.8 Å². The highest BCUT2D eigenvalue weighted by atomic mass is 35.5. The molecule has 4 aliphatic rings. The van der Waals surface area contributed by atoms with Gasteiger partial charge < -0.3 is 10.2 Å². The zero-order chi connectivity index (χ0) is 27.7. The number of ketones is 2. The molecule has 4 unspecified atom stereocenters. The largest absolute Gasteiger partial charge is 0.508 e. The quantitative estimate of drug-likeness (QED) is 0.334. The van der Waals surface area contributed by atoms with Gasteiger partial charge in [0.05, 0.1) is 23.1 Å². The van der Waals surface area contributed by atoms with Crippen LogP contribution in [0, 0.1) is 17.8 Å². The number of carboxylic acid groups (broad SMARTS) is 1. The Morgan fingerprint density at radius 3 is 2.51 bits per heavy atom. The number of aromatic hydroxyl groups is 1. The molecule has 2 N–H and O–H groups in total. The van der Waals surface area contributed by atoms with E-state index in [2.05, 4.69) is 0 Å². The molecule has 2 aromatic carbocycles. The van der Waals surface area contributed by atoms with Crippen LogP contribution in [0.5, 0.6) is 5.75 Å². The number of amides is 2. The topological polar surface area (TPSA) is 129 Å². The van der Waals surface area contributed by atoms with Crippen LogP contribution in [-0.2, 0) is 19.2 Å². The molecule has 0 radical (unpaired) electrons. The number of benzene rings is 2. The molecule has 8 nitrogen and oxygen atoms in total. The van der Waals surface area contributed by atoms with Crippen molar-refractivity contribution in [2.45, 2.75) is 25.7 Å². The van der Waals surface area contributed by atoms with Crippen LogP contribution in [0.1, 0.15) is 41.6 Å². The molecule has 0 bridgehead atoms. The minimum atomic E-state index is -1.18. The Morgan fingerprint density at radius 2 is 1.79 bits per heavy atom. The van der Waals surface area contributed by atoms with Crippen LogP contribution < -0.4 is 4.90 Å². The second-order valence-electron chi connectivity index (χ2n) is 10.3. The Hall–Kier alpha value is -4.30. The van der Waals surface area contributed by atoms with Gasteiger partial charge in [0.15, 0.2) is 11.6 Å². The zero-order valence-electron chi connectivity index (χ0n) is 20.7. The number of halogens is 1. The molecule has 39 heavy (non-hydrogen) atoms. The predicted octanol–water partition coefficient (Wildman–Crippen LogP) is 4.38. The van der Waals surface area contributed by atoms with Crippen LogP contribution in [0.4, 0.5) is 5.69 Å². The van der Waals surface area contributed by atoms with E-state index in [1.54, 1.807) is 13.0 Å². The van der Waals surface area contributed by atoms with E-state index < -0.39 is 41.5 Å². The summed E-state index contributed by atoms with van der Waals surface area (Å²) in [6.07, 6.45) is 3.54. The summed E-state index contributed by atoms with van der Waals surface area (Å²) in [6.45, 7) is 1.57. The molecule has 1 fully saturated rings. The number of aromatic carboxylic acids is 1. The zero-order valence-corrected chi connectivity index (χ0v) is 21.4. The lowest BCUT2D eigenvalue weighted by atomic mass is 9.59. The summed E-state index contributed by atoms with van der Waals surface area (Å²) in [6, 6.07) is 10.1. The lowest BCUT2D eigenvalue weighted by molar-refractivity contribution is -0.123. The lowest BCUT2D eigenvalue weighted by Gasteiger charge is -2.42. The van der Waals surface area contributed by atoms with Crippen molar-refractivity contribution in [1.29, 1.82) is 0 Å². The number of anilines is 1. The summed E-state index contributed by atoms with van der Waals surface area (Å²) in [5.74, 6) is -5.48. The number of Topliss-reactive ketones (excluding diaryl/α,β-unsaturated/α-hetero) is 1. The number of hydrogen-bond donors (Lipinski definition) is 2. The maximum absolute atomic E-state index is 13.9. The molecule has 9 heteroatoms. The predicted molar refractivity (Wildman–Crippen MR) is 140 cm³/mol. The normalized spacial score (nSPS) is 26.2. The number of fused-ring (bicyclic) bond motifs is 3. The molecule has 196 valence electrons. The van der Waals surface area contributed by atoms with E-state index in [-0.39, 0.29) is 46.4 Å². The van der Waals surface area contributed by atoms with Crippen molar-refractivity contribution >= 4 is 46.6 Å². The Morgan fingerprint density at radius 1 is 1.03 bits per heavy atom. The molecule has 1 aliphatic heterocycles. The summed E-state index contributed by atoms with van der Waals surface area (Å²) in [7, 11) is 0. The van der Waals surface area contributed by atoms with E-state index in [0.717, 1.165) is 10.5 Å².